The molecule has 0 amide bonds. The van der Waals surface area contributed by atoms with Gasteiger partial charge in [0.15, 0.2) is 0 Å². The van der Waals surface area contributed by atoms with Crippen molar-refractivity contribution in [2.45, 2.75) is 19.4 Å². The average molecular weight is 288 g/mol. The van der Waals surface area contributed by atoms with Gasteiger partial charge >= 0.3 is 0 Å². The van der Waals surface area contributed by atoms with Gasteiger partial charge in [-0.15, -0.1) is 0 Å². The van der Waals surface area contributed by atoms with Crippen LogP contribution in [-0.4, -0.2) is 4.98 Å². The molecule has 1 unspecified atom stereocenters. The highest BCUT2D eigenvalue weighted by atomic mass is 14.9. The number of hydrogen-bond donors (Lipinski definition) is 1. The minimum Gasteiger partial charge on any atom is -0.373 e. The average Bonchev–Trinajstić information content (AvgIpc) is 2.61. The van der Waals surface area contributed by atoms with Crippen molar-refractivity contribution >= 4 is 5.69 Å². The largest absolute Gasteiger partial charge is 0.373 e. The Hall–Kier alpha value is -2.61. The van der Waals surface area contributed by atoms with Crippen molar-refractivity contribution in [2.75, 3.05) is 5.32 Å². The lowest BCUT2D eigenvalue weighted by molar-refractivity contribution is 0.886. The van der Waals surface area contributed by atoms with Gasteiger partial charge in [-0.3, -0.25) is 4.98 Å². The molecular formula is C20H20N2. The zero-order chi connectivity index (χ0) is 15.2. The fourth-order valence-corrected chi connectivity index (χ4v) is 2.57. The zero-order valence-electron chi connectivity index (χ0n) is 12.7. The summed E-state index contributed by atoms with van der Waals surface area (Å²) < 4.78 is 0. The van der Waals surface area contributed by atoms with E-state index >= 15 is 0 Å². The minimum atomic E-state index is 0.0505. The number of hydrogen-bond acceptors (Lipinski definition) is 2. The summed E-state index contributed by atoms with van der Waals surface area (Å²) in [5.74, 6) is 0. The molecule has 0 aliphatic carbocycles. The van der Waals surface area contributed by atoms with E-state index in [-0.39, 0.29) is 6.04 Å². The van der Waals surface area contributed by atoms with Crippen LogP contribution in [-0.2, 0) is 6.42 Å². The summed E-state index contributed by atoms with van der Waals surface area (Å²) in [6.45, 7) is 2.17. The normalized spacial score (nSPS) is 11.9. The van der Waals surface area contributed by atoms with E-state index in [1.54, 1.807) is 0 Å². The van der Waals surface area contributed by atoms with E-state index in [4.69, 9.17) is 0 Å². The van der Waals surface area contributed by atoms with Gasteiger partial charge in [0.25, 0.3) is 0 Å². The van der Waals surface area contributed by atoms with Crippen LogP contribution in [0.15, 0.2) is 79.0 Å². The van der Waals surface area contributed by atoms with Crippen molar-refractivity contribution in [1.29, 1.82) is 0 Å². The molecule has 110 valence electrons. The molecule has 0 radical (unpaired) electrons. The smallest absolute Gasteiger partial charge is 0.0940 e. The SMILES string of the molecule is CCc1cccc(NC(c2ccccc2)c2ccccn2)c1. The maximum atomic E-state index is 4.53. The van der Waals surface area contributed by atoms with Crippen LogP contribution in [0.25, 0.3) is 0 Å². The van der Waals surface area contributed by atoms with Crippen molar-refractivity contribution in [3.63, 3.8) is 0 Å². The van der Waals surface area contributed by atoms with E-state index in [2.05, 4.69) is 71.8 Å². The Morgan fingerprint density at radius 2 is 1.73 bits per heavy atom. The zero-order valence-corrected chi connectivity index (χ0v) is 12.7. The van der Waals surface area contributed by atoms with Crippen LogP contribution in [0.3, 0.4) is 0 Å². The van der Waals surface area contributed by atoms with Crippen LogP contribution in [0.2, 0.25) is 0 Å². The molecule has 2 heteroatoms. The number of aromatic nitrogens is 1. The number of nitrogens with one attached hydrogen (secondary N) is 1. The van der Waals surface area contributed by atoms with Crippen molar-refractivity contribution in [3.05, 3.63) is 95.8 Å². The Bertz CT molecular complexity index is 669. The predicted molar refractivity (Wildman–Crippen MR) is 92.0 cm³/mol. The van der Waals surface area contributed by atoms with Crippen LogP contribution in [0.4, 0.5) is 5.69 Å². The Morgan fingerprint density at radius 1 is 0.909 bits per heavy atom. The van der Waals surface area contributed by atoms with Gasteiger partial charge in [0.1, 0.15) is 0 Å². The standard InChI is InChI=1S/C20H20N2/c1-2-16-9-8-12-18(15-16)22-20(17-10-4-3-5-11-17)19-13-6-7-14-21-19/h3-15,20,22H,2H2,1H3. The van der Waals surface area contributed by atoms with Gasteiger partial charge in [0, 0.05) is 11.9 Å². The molecule has 2 aromatic carbocycles. The second kappa shape index (κ2) is 6.90. The predicted octanol–water partition coefficient (Wildman–Crippen LogP) is 4.85. The Morgan fingerprint density at radius 3 is 2.45 bits per heavy atom. The molecule has 0 saturated carbocycles. The van der Waals surface area contributed by atoms with Crippen LogP contribution >= 0.6 is 0 Å². The first kappa shape index (κ1) is 14.3. The van der Waals surface area contributed by atoms with Crippen molar-refractivity contribution in [2.24, 2.45) is 0 Å². The van der Waals surface area contributed by atoms with Crippen LogP contribution in [0.1, 0.15) is 29.8 Å². The molecule has 0 aliphatic rings. The van der Waals surface area contributed by atoms with Gasteiger partial charge < -0.3 is 5.32 Å². The maximum Gasteiger partial charge on any atom is 0.0940 e. The summed E-state index contributed by atoms with van der Waals surface area (Å²) in [6.07, 6.45) is 2.88. The van der Waals surface area contributed by atoms with E-state index in [0.717, 1.165) is 17.8 Å². The molecule has 0 bridgehead atoms. The lowest BCUT2D eigenvalue weighted by Gasteiger charge is -2.20. The van der Waals surface area contributed by atoms with E-state index in [9.17, 15) is 0 Å². The Kier molecular flexibility index (Phi) is 4.50. The van der Waals surface area contributed by atoms with E-state index in [1.807, 2.05) is 24.4 Å². The Balaban J connectivity index is 1.95. The number of rotatable bonds is 5. The number of pyridine rings is 1. The molecule has 3 aromatic rings. The highest BCUT2D eigenvalue weighted by Crippen LogP contribution is 2.25. The van der Waals surface area contributed by atoms with Gasteiger partial charge in [-0.05, 0) is 41.8 Å². The highest BCUT2D eigenvalue weighted by Gasteiger charge is 2.14. The van der Waals surface area contributed by atoms with Gasteiger partial charge in [0.05, 0.1) is 11.7 Å². The molecule has 3 rings (SSSR count). The lowest BCUT2D eigenvalue weighted by atomic mass is 10.0. The fourth-order valence-electron chi connectivity index (χ4n) is 2.57. The van der Waals surface area contributed by atoms with E-state index in [1.165, 1.54) is 11.1 Å². The number of aryl methyl sites for hydroxylation is 1. The first-order chi connectivity index (χ1) is 10.9. The third-order valence-electron chi connectivity index (χ3n) is 3.76. The molecular weight excluding hydrogens is 268 g/mol. The van der Waals surface area contributed by atoms with Crippen LogP contribution < -0.4 is 5.32 Å². The number of anilines is 1. The summed E-state index contributed by atoms with van der Waals surface area (Å²) in [5.41, 5.74) is 4.69. The van der Waals surface area contributed by atoms with Gasteiger partial charge in [-0.2, -0.15) is 0 Å². The quantitative estimate of drug-likeness (QED) is 0.726. The first-order valence-electron chi connectivity index (χ1n) is 7.68. The third-order valence-corrected chi connectivity index (χ3v) is 3.76. The van der Waals surface area contributed by atoms with Crippen LogP contribution in [0, 0.1) is 0 Å². The van der Waals surface area contributed by atoms with Crippen molar-refractivity contribution in [3.8, 4) is 0 Å². The fraction of sp³-hybridized carbons (Fsp3) is 0.150. The summed E-state index contributed by atoms with van der Waals surface area (Å²) in [6, 6.07) is 25.1. The monoisotopic (exact) mass is 288 g/mol. The van der Waals surface area contributed by atoms with Gasteiger partial charge in [-0.25, -0.2) is 0 Å². The molecule has 1 atom stereocenters. The van der Waals surface area contributed by atoms with Gasteiger partial charge in [-0.1, -0.05) is 55.5 Å². The second-order valence-electron chi connectivity index (χ2n) is 5.30. The van der Waals surface area contributed by atoms with Gasteiger partial charge in [0.2, 0.25) is 0 Å². The second-order valence-corrected chi connectivity index (χ2v) is 5.30. The number of nitrogens with zero attached hydrogens (tertiary/aromatic N) is 1. The van der Waals surface area contributed by atoms with E-state index < -0.39 is 0 Å². The molecule has 1 N–H and O–H groups in total. The molecule has 22 heavy (non-hydrogen) atoms. The molecule has 0 fully saturated rings. The third kappa shape index (κ3) is 3.34. The minimum absolute atomic E-state index is 0.0505. The first-order valence-corrected chi connectivity index (χ1v) is 7.68. The van der Waals surface area contributed by atoms with Crippen LogP contribution in [0.5, 0.6) is 0 Å². The van der Waals surface area contributed by atoms with Crippen molar-refractivity contribution in [1.82, 2.24) is 4.98 Å². The molecule has 2 nitrogen and oxygen atoms in total. The molecule has 1 heterocycles. The lowest BCUT2D eigenvalue weighted by Crippen LogP contribution is -2.13. The summed E-state index contributed by atoms with van der Waals surface area (Å²) in [4.78, 5) is 4.53. The molecule has 0 spiro atoms. The Labute approximate surface area is 131 Å². The molecule has 1 aromatic heterocycles. The topological polar surface area (TPSA) is 24.9 Å². The highest BCUT2D eigenvalue weighted by molar-refractivity contribution is 5.50. The number of benzene rings is 2. The molecule has 0 saturated heterocycles. The maximum absolute atomic E-state index is 4.53. The summed E-state index contributed by atoms with van der Waals surface area (Å²) in [5, 5.41) is 3.62. The summed E-state index contributed by atoms with van der Waals surface area (Å²) in [7, 11) is 0. The van der Waals surface area contributed by atoms with E-state index in [0.29, 0.717) is 0 Å². The molecule has 0 aliphatic heterocycles. The summed E-state index contributed by atoms with van der Waals surface area (Å²) >= 11 is 0. The van der Waals surface area contributed by atoms with Crippen molar-refractivity contribution < 1.29 is 0 Å².